The van der Waals surface area contributed by atoms with E-state index in [0.717, 1.165) is 16.5 Å². The van der Waals surface area contributed by atoms with Gasteiger partial charge in [-0.1, -0.05) is 12.1 Å². The number of piperidine rings is 1. The molecule has 1 unspecified atom stereocenters. The number of carbonyl (C=O) groups is 3. The van der Waals surface area contributed by atoms with Gasteiger partial charge in [-0.05, 0) is 81.0 Å². The largest absolute Gasteiger partial charge is 1.00 e. The number of ether oxygens (including phenoxy) is 1. The number of carbonyl (C=O) groups excluding carboxylic acids is 3. The Labute approximate surface area is 283 Å². The fourth-order valence-electron chi connectivity index (χ4n) is 6.56. The number of nitrogens with zero attached hydrogens (tertiary/aromatic N) is 3. The quantitative estimate of drug-likeness (QED) is 0.303. The summed E-state index contributed by atoms with van der Waals surface area (Å²) in [5.41, 5.74) is 4.06. The number of carboxylic acid groups (broad SMARTS) is 1. The van der Waals surface area contributed by atoms with Crippen LogP contribution >= 0.6 is 0 Å². The van der Waals surface area contributed by atoms with Crippen molar-refractivity contribution in [3.63, 3.8) is 0 Å². The third-order valence-corrected chi connectivity index (χ3v) is 9.47. The molecule has 10 heteroatoms. The molecule has 4 aromatic rings. The summed E-state index contributed by atoms with van der Waals surface area (Å²) in [6.45, 7) is 6.72. The van der Waals surface area contributed by atoms with E-state index in [4.69, 9.17) is 9.57 Å². The van der Waals surface area contributed by atoms with Gasteiger partial charge >= 0.3 is 29.6 Å². The van der Waals surface area contributed by atoms with E-state index in [2.05, 4.69) is 11.9 Å². The maximum atomic E-state index is 13.6. The molecule has 2 aromatic carbocycles. The first kappa shape index (κ1) is 31.3. The number of fused-ring (bicyclic) bond motifs is 2. The summed E-state index contributed by atoms with van der Waals surface area (Å²) in [4.78, 5) is 50.7. The fraction of sp³-hybridized carbons (Fsp3) is 0.371. The Bertz CT molecular complexity index is 1840. The second-order valence-electron chi connectivity index (χ2n) is 12.6. The summed E-state index contributed by atoms with van der Waals surface area (Å²) < 4.78 is 8.29. The number of hydrogen-bond donors (Lipinski definition) is 0. The van der Waals surface area contributed by atoms with Gasteiger partial charge in [0.15, 0.2) is 5.78 Å². The van der Waals surface area contributed by atoms with Crippen molar-refractivity contribution >= 4 is 28.6 Å². The van der Waals surface area contributed by atoms with Crippen LogP contribution in [-0.2, 0) is 0 Å². The molecule has 0 bridgehead atoms. The molecule has 2 fully saturated rings. The average molecular weight is 616 g/mol. The Morgan fingerprint density at radius 1 is 1.07 bits per heavy atom. The Morgan fingerprint density at radius 3 is 2.53 bits per heavy atom. The number of likely N-dealkylation sites (tertiary alicyclic amines) is 1. The first-order valence-corrected chi connectivity index (χ1v) is 15.2. The summed E-state index contributed by atoms with van der Waals surface area (Å²) in [5.74, 6) is -0.269. The minimum atomic E-state index is -1.29. The predicted molar refractivity (Wildman–Crippen MR) is 162 cm³/mol. The minimum Gasteiger partial charge on any atom is -0.545 e. The molecule has 0 radical (unpaired) electrons. The van der Waals surface area contributed by atoms with E-state index in [1.54, 1.807) is 31.3 Å². The van der Waals surface area contributed by atoms with Gasteiger partial charge in [-0.25, -0.2) is 0 Å². The number of aryl methyl sites for hydroxylation is 2. The normalized spacial score (nSPS) is 17.8. The summed E-state index contributed by atoms with van der Waals surface area (Å²) >= 11 is 0. The van der Waals surface area contributed by atoms with Crippen molar-refractivity contribution in [3.8, 4) is 16.9 Å². The zero-order chi connectivity index (χ0) is 30.7. The maximum absolute atomic E-state index is 13.6. The number of hydrogen-bond acceptors (Lipinski definition) is 7. The van der Waals surface area contributed by atoms with Gasteiger partial charge in [0.2, 0.25) is 0 Å². The molecule has 45 heavy (non-hydrogen) atoms. The van der Waals surface area contributed by atoms with Crippen molar-refractivity contribution in [1.82, 2.24) is 14.6 Å². The molecular weight excluding hydrogens is 581 g/mol. The Morgan fingerprint density at radius 2 is 1.82 bits per heavy atom. The van der Waals surface area contributed by atoms with Crippen LogP contribution in [0, 0.1) is 19.8 Å². The molecule has 2 aromatic heterocycles. The van der Waals surface area contributed by atoms with Gasteiger partial charge in [0, 0.05) is 66.1 Å². The number of Topliss-reactive ketones (excluding diaryl/α,β-unsaturated/α-hetero) is 1. The molecule has 4 heterocycles. The Hall–Kier alpha value is -3.66. The SMILES string of the molecule is Cc1ncc(-c2ccc3c(c2)C(=O)CC2(CCN(C(=O)c4ccc5c(C)cn(OC(C)C6CC6)c5c4)CC2)O3)cc1C(=O)[O-].[Na+]. The molecule has 1 aliphatic carbocycles. The van der Waals surface area contributed by atoms with Crippen LogP contribution in [0.1, 0.15) is 81.4 Å². The molecular formula is C35H34N3NaO6. The monoisotopic (exact) mass is 615 g/mol. The fourth-order valence-corrected chi connectivity index (χ4v) is 6.56. The molecule has 1 saturated carbocycles. The standard InChI is InChI=1S/C35H35N3O6.Na/c1-20-19-38(44-22(3)23-4-5-23)30-16-25(6-8-27(20)30)33(40)37-12-10-35(11-13-37)17-31(39)29-14-24(7-9-32(29)43-35)26-15-28(34(41)42)21(2)36-18-26;/h6-9,14-16,18-19,22-23H,4-5,10-13,17H2,1-3H3,(H,41,42);/q;+1/p-1. The van der Waals surface area contributed by atoms with Gasteiger partial charge in [-0.15, -0.1) is 0 Å². The van der Waals surface area contributed by atoms with Crippen molar-refractivity contribution in [2.75, 3.05) is 13.1 Å². The molecule has 2 aliphatic heterocycles. The van der Waals surface area contributed by atoms with Crippen LogP contribution in [0.15, 0.2) is 54.9 Å². The summed E-state index contributed by atoms with van der Waals surface area (Å²) in [6, 6.07) is 12.6. The number of amides is 1. The van der Waals surface area contributed by atoms with Gasteiger partial charge in [0.05, 0.1) is 23.5 Å². The van der Waals surface area contributed by atoms with Gasteiger partial charge in [0.25, 0.3) is 5.91 Å². The van der Waals surface area contributed by atoms with Crippen molar-refractivity contribution in [2.45, 2.75) is 64.6 Å². The molecule has 1 spiro atoms. The smallest absolute Gasteiger partial charge is 0.545 e. The summed E-state index contributed by atoms with van der Waals surface area (Å²) in [7, 11) is 0. The Balaban J connectivity index is 0.00000357. The van der Waals surface area contributed by atoms with Crippen molar-refractivity contribution in [2.24, 2.45) is 5.92 Å². The number of pyridine rings is 1. The van der Waals surface area contributed by atoms with Crippen LogP contribution in [0.4, 0.5) is 0 Å². The van der Waals surface area contributed by atoms with Gasteiger partial charge < -0.3 is 24.4 Å². The molecule has 0 N–H and O–H groups in total. The van der Waals surface area contributed by atoms with Crippen LogP contribution in [0.25, 0.3) is 22.0 Å². The molecule has 3 aliphatic rings. The first-order chi connectivity index (χ1) is 21.1. The van der Waals surface area contributed by atoms with Crippen LogP contribution < -0.4 is 44.2 Å². The van der Waals surface area contributed by atoms with Crippen molar-refractivity contribution < 1.29 is 58.6 Å². The van der Waals surface area contributed by atoms with Gasteiger partial charge in [-0.2, -0.15) is 4.73 Å². The van der Waals surface area contributed by atoms with Crippen molar-refractivity contribution in [3.05, 3.63) is 82.8 Å². The number of aromatic nitrogens is 2. The second kappa shape index (κ2) is 11.9. The van der Waals surface area contributed by atoms with Crippen LogP contribution in [0.3, 0.4) is 0 Å². The average Bonchev–Trinajstić information content (AvgIpc) is 3.82. The van der Waals surface area contributed by atoms with E-state index < -0.39 is 11.6 Å². The molecule has 9 nitrogen and oxygen atoms in total. The maximum Gasteiger partial charge on any atom is 1.00 e. The molecule has 1 atom stereocenters. The summed E-state index contributed by atoms with van der Waals surface area (Å²) in [6.07, 6.45) is 7.40. The number of carboxylic acids is 1. The molecule has 7 rings (SSSR count). The molecule has 1 saturated heterocycles. The zero-order valence-electron chi connectivity index (χ0n) is 26.1. The first-order valence-electron chi connectivity index (χ1n) is 15.2. The van der Waals surface area contributed by atoms with Crippen molar-refractivity contribution in [1.29, 1.82) is 0 Å². The van der Waals surface area contributed by atoms with E-state index in [-0.39, 0.29) is 59.3 Å². The van der Waals surface area contributed by atoms with E-state index in [9.17, 15) is 19.5 Å². The number of rotatable bonds is 6. The van der Waals surface area contributed by atoms with Gasteiger partial charge in [0.1, 0.15) is 17.5 Å². The third-order valence-electron chi connectivity index (χ3n) is 9.47. The zero-order valence-corrected chi connectivity index (χ0v) is 28.1. The summed E-state index contributed by atoms with van der Waals surface area (Å²) in [5, 5.41) is 12.5. The topological polar surface area (TPSA) is 114 Å². The van der Waals surface area contributed by atoms with E-state index in [1.807, 2.05) is 40.9 Å². The van der Waals surface area contributed by atoms with E-state index in [1.165, 1.54) is 18.9 Å². The molecule has 1 amide bonds. The van der Waals surface area contributed by atoms with E-state index in [0.29, 0.717) is 65.5 Å². The second-order valence-corrected chi connectivity index (χ2v) is 12.6. The van der Waals surface area contributed by atoms with Crippen LogP contribution in [-0.4, -0.2) is 57.1 Å². The number of aromatic carboxylic acids is 1. The van der Waals surface area contributed by atoms with Crippen LogP contribution in [0.5, 0.6) is 5.75 Å². The van der Waals surface area contributed by atoms with E-state index >= 15 is 0 Å². The minimum absolute atomic E-state index is 0. The Kier molecular flexibility index (Phi) is 8.31. The van der Waals surface area contributed by atoms with Crippen LogP contribution in [0.2, 0.25) is 0 Å². The molecule has 226 valence electrons. The number of ketones is 1. The van der Waals surface area contributed by atoms with Gasteiger partial charge in [-0.3, -0.25) is 14.6 Å². The third kappa shape index (κ3) is 5.89. The number of benzene rings is 2. The predicted octanol–water partition coefficient (Wildman–Crippen LogP) is 1.55.